The summed E-state index contributed by atoms with van der Waals surface area (Å²) in [6, 6.07) is 13.2. The highest BCUT2D eigenvalue weighted by molar-refractivity contribution is 6.32. The summed E-state index contributed by atoms with van der Waals surface area (Å²) in [5, 5.41) is 0.476. The number of hydrogen-bond acceptors (Lipinski definition) is 3. The van der Waals surface area contributed by atoms with Crippen LogP contribution in [0.25, 0.3) is 0 Å². The molecule has 0 fully saturated rings. The van der Waals surface area contributed by atoms with Crippen LogP contribution in [0.4, 0.5) is 5.69 Å². The zero-order valence-corrected chi connectivity index (χ0v) is 10.8. The second kappa shape index (κ2) is 5.65. The molecule has 18 heavy (non-hydrogen) atoms. The number of halogens is 1. The highest BCUT2D eigenvalue weighted by Gasteiger charge is 2.08. The smallest absolute Gasteiger partial charge is 0.145 e. The lowest BCUT2D eigenvalue weighted by Gasteiger charge is -2.11. The molecule has 2 aromatic rings. The lowest BCUT2D eigenvalue weighted by Crippen LogP contribution is -1.98. The van der Waals surface area contributed by atoms with Gasteiger partial charge in [0, 0.05) is 6.07 Å². The summed E-state index contributed by atoms with van der Waals surface area (Å²) < 4.78 is 10.8. The molecule has 0 atom stereocenters. The third kappa shape index (κ3) is 2.87. The summed E-state index contributed by atoms with van der Waals surface area (Å²) >= 11 is 6.06. The largest absolute Gasteiger partial charge is 0.494 e. The second-order valence-electron chi connectivity index (χ2n) is 3.80. The number of rotatable bonds is 4. The van der Waals surface area contributed by atoms with Crippen LogP contribution in [0.15, 0.2) is 42.5 Å². The molecule has 0 aliphatic rings. The van der Waals surface area contributed by atoms with Crippen LogP contribution in [-0.4, -0.2) is 7.11 Å². The molecule has 2 N–H and O–H groups in total. The summed E-state index contributed by atoms with van der Waals surface area (Å²) in [6.45, 7) is 0.452. The maximum Gasteiger partial charge on any atom is 0.145 e. The Bertz CT molecular complexity index is 529. The number of nitrogen functional groups attached to an aromatic ring is 1. The molecule has 0 heterocycles. The van der Waals surface area contributed by atoms with Crippen molar-refractivity contribution in [2.75, 3.05) is 12.8 Å². The monoisotopic (exact) mass is 263 g/mol. The van der Waals surface area contributed by atoms with Crippen molar-refractivity contribution in [2.45, 2.75) is 6.61 Å². The Balaban J connectivity index is 2.14. The number of hydrogen-bond donors (Lipinski definition) is 1. The van der Waals surface area contributed by atoms with Crippen LogP contribution in [-0.2, 0) is 6.61 Å². The minimum atomic E-state index is 0.452. The van der Waals surface area contributed by atoms with Crippen molar-refractivity contribution in [3.05, 3.63) is 53.1 Å². The third-order valence-electron chi connectivity index (χ3n) is 2.52. The van der Waals surface area contributed by atoms with Gasteiger partial charge in [0.25, 0.3) is 0 Å². The highest BCUT2D eigenvalue weighted by atomic mass is 35.5. The first-order valence-electron chi connectivity index (χ1n) is 5.50. The summed E-state index contributed by atoms with van der Waals surface area (Å²) in [5.41, 5.74) is 7.31. The topological polar surface area (TPSA) is 44.5 Å². The summed E-state index contributed by atoms with van der Waals surface area (Å²) in [4.78, 5) is 0. The summed E-state index contributed by atoms with van der Waals surface area (Å²) in [6.07, 6.45) is 0. The Labute approximate surface area is 111 Å². The molecule has 94 valence electrons. The van der Waals surface area contributed by atoms with Gasteiger partial charge in [0.2, 0.25) is 0 Å². The first kappa shape index (κ1) is 12.6. The van der Waals surface area contributed by atoms with E-state index < -0.39 is 0 Å². The van der Waals surface area contributed by atoms with Gasteiger partial charge >= 0.3 is 0 Å². The van der Waals surface area contributed by atoms with E-state index in [9.17, 15) is 0 Å². The minimum absolute atomic E-state index is 0.452. The van der Waals surface area contributed by atoms with Crippen LogP contribution in [0, 0.1) is 0 Å². The first-order chi connectivity index (χ1) is 8.70. The van der Waals surface area contributed by atoms with Crippen LogP contribution in [0.2, 0.25) is 5.02 Å². The zero-order valence-electron chi connectivity index (χ0n) is 10.0. The van der Waals surface area contributed by atoms with Gasteiger partial charge in [-0.2, -0.15) is 0 Å². The molecule has 3 nitrogen and oxygen atoms in total. The van der Waals surface area contributed by atoms with Crippen molar-refractivity contribution in [2.24, 2.45) is 0 Å². The van der Waals surface area contributed by atoms with Gasteiger partial charge in [-0.15, -0.1) is 0 Å². The van der Waals surface area contributed by atoms with Crippen molar-refractivity contribution >= 4 is 17.3 Å². The molecule has 0 spiro atoms. The molecule has 0 aliphatic carbocycles. The molecular formula is C14H14ClNO2. The molecule has 0 aromatic heterocycles. The maximum atomic E-state index is 6.06. The number of methoxy groups -OCH3 is 1. The number of anilines is 1. The van der Waals surface area contributed by atoms with Gasteiger partial charge in [-0.25, -0.2) is 0 Å². The molecule has 2 rings (SSSR count). The van der Waals surface area contributed by atoms with Gasteiger partial charge in [0.1, 0.15) is 18.1 Å². The molecule has 0 unspecified atom stereocenters. The highest BCUT2D eigenvalue weighted by Crippen LogP contribution is 2.34. The lowest BCUT2D eigenvalue weighted by molar-refractivity contribution is 0.304. The molecule has 0 radical (unpaired) electrons. The number of ether oxygens (including phenoxy) is 2. The fourth-order valence-corrected chi connectivity index (χ4v) is 1.80. The van der Waals surface area contributed by atoms with Crippen LogP contribution >= 0.6 is 11.6 Å². The molecular weight excluding hydrogens is 250 g/mol. The van der Waals surface area contributed by atoms with Crippen LogP contribution in [0.1, 0.15) is 5.56 Å². The van der Waals surface area contributed by atoms with Crippen molar-refractivity contribution < 1.29 is 9.47 Å². The molecule has 2 aromatic carbocycles. The van der Waals surface area contributed by atoms with E-state index in [1.54, 1.807) is 19.2 Å². The molecule has 0 bridgehead atoms. The minimum Gasteiger partial charge on any atom is -0.494 e. The van der Waals surface area contributed by atoms with Gasteiger partial charge in [0.05, 0.1) is 17.8 Å². The van der Waals surface area contributed by atoms with E-state index in [-0.39, 0.29) is 0 Å². The Morgan fingerprint density at radius 1 is 1.11 bits per heavy atom. The molecule has 0 amide bonds. The Hall–Kier alpha value is -1.87. The maximum absolute atomic E-state index is 6.06. The normalized spacial score (nSPS) is 10.1. The molecule has 4 heteroatoms. The van der Waals surface area contributed by atoms with Crippen molar-refractivity contribution in [1.29, 1.82) is 0 Å². The average molecular weight is 264 g/mol. The van der Waals surface area contributed by atoms with E-state index in [1.165, 1.54) is 0 Å². The number of nitrogens with two attached hydrogens (primary N) is 1. The Kier molecular flexibility index (Phi) is 3.95. The molecule has 0 saturated heterocycles. The second-order valence-corrected chi connectivity index (χ2v) is 4.21. The van der Waals surface area contributed by atoms with Crippen molar-refractivity contribution in [1.82, 2.24) is 0 Å². The van der Waals surface area contributed by atoms with E-state index in [1.807, 2.05) is 30.3 Å². The lowest BCUT2D eigenvalue weighted by atomic mass is 10.2. The Morgan fingerprint density at radius 2 is 1.83 bits per heavy atom. The SMILES string of the molecule is COc1cc(OCc2ccccc2)c(Cl)cc1N. The third-order valence-corrected chi connectivity index (χ3v) is 2.82. The predicted octanol–water partition coefficient (Wildman–Crippen LogP) is 3.51. The van der Waals surface area contributed by atoms with E-state index in [4.69, 9.17) is 26.8 Å². The van der Waals surface area contributed by atoms with Gasteiger partial charge in [0.15, 0.2) is 0 Å². The molecule has 0 aliphatic heterocycles. The van der Waals surface area contributed by atoms with Gasteiger partial charge in [-0.05, 0) is 11.6 Å². The van der Waals surface area contributed by atoms with E-state index in [0.29, 0.717) is 28.8 Å². The average Bonchev–Trinajstić information content (AvgIpc) is 2.39. The fourth-order valence-electron chi connectivity index (χ4n) is 1.57. The number of benzene rings is 2. The van der Waals surface area contributed by atoms with Gasteiger partial charge < -0.3 is 15.2 Å². The fraction of sp³-hybridized carbons (Fsp3) is 0.143. The molecule has 0 saturated carbocycles. The van der Waals surface area contributed by atoms with Gasteiger partial charge in [-0.1, -0.05) is 41.9 Å². The first-order valence-corrected chi connectivity index (χ1v) is 5.88. The van der Waals surface area contributed by atoms with Crippen molar-refractivity contribution in [3.8, 4) is 11.5 Å². The van der Waals surface area contributed by atoms with Crippen LogP contribution in [0.3, 0.4) is 0 Å². The Morgan fingerprint density at radius 3 is 2.50 bits per heavy atom. The van der Waals surface area contributed by atoms with Crippen LogP contribution < -0.4 is 15.2 Å². The van der Waals surface area contributed by atoms with E-state index in [2.05, 4.69) is 0 Å². The quantitative estimate of drug-likeness (QED) is 0.859. The predicted molar refractivity (Wildman–Crippen MR) is 73.2 cm³/mol. The van der Waals surface area contributed by atoms with Gasteiger partial charge in [-0.3, -0.25) is 0 Å². The van der Waals surface area contributed by atoms with E-state index in [0.717, 1.165) is 5.56 Å². The van der Waals surface area contributed by atoms with E-state index >= 15 is 0 Å². The standard InChI is InChI=1S/C14H14ClNO2/c1-17-14-8-13(11(15)7-12(14)16)18-9-10-5-3-2-4-6-10/h2-8H,9,16H2,1H3. The van der Waals surface area contributed by atoms with Crippen molar-refractivity contribution in [3.63, 3.8) is 0 Å². The zero-order chi connectivity index (χ0) is 13.0. The summed E-state index contributed by atoms with van der Waals surface area (Å²) in [5.74, 6) is 1.12. The van der Waals surface area contributed by atoms with Crippen LogP contribution in [0.5, 0.6) is 11.5 Å². The summed E-state index contributed by atoms with van der Waals surface area (Å²) in [7, 11) is 1.56.